The van der Waals surface area contributed by atoms with Crippen molar-refractivity contribution >= 4 is 27.8 Å². The third kappa shape index (κ3) is 5.31. The van der Waals surface area contributed by atoms with Crippen molar-refractivity contribution in [3.8, 4) is 0 Å². The Balaban J connectivity index is 2.24. The third-order valence-electron chi connectivity index (χ3n) is 2.45. The molecule has 0 radical (unpaired) electrons. The number of hydrogen-bond acceptors (Lipinski definition) is 3. The Morgan fingerprint density at radius 3 is 2.61 bits per heavy atom. The second-order valence-electron chi connectivity index (χ2n) is 3.94. The van der Waals surface area contributed by atoms with Gasteiger partial charge in [-0.05, 0) is 5.56 Å². The molecule has 1 N–H and O–H groups in total. The van der Waals surface area contributed by atoms with E-state index in [2.05, 4.69) is 21.2 Å². The number of halogens is 1. The number of rotatable bonds is 6. The van der Waals surface area contributed by atoms with Crippen LogP contribution in [0.4, 0.5) is 4.79 Å². The average Bonchev–Trinajstić information content (AvgIpc) is 2.42. The van der Waals surface area contributed by atoms with Gasteiger partial charge in [0.25, 0.3) is 0 Å². The van der Waals surface area contributed by atoms with Gasteiger partial charge in [-0.1, -0.05) is 53.2 Å². The summed E-state index contributed by atoms with van der Waals surface area (Å²) in [5.74, 6) is -0.160. The van der Waals surface area contributed by atoms with Crippen molar-refractivity contribution in [1.29, 1.82) is 0 Å². The number of ether oxygens (including phenoxy) is 1. The highest BCUT2D eigenvalue weighted by atomic mass is 79.9. The van der Waals surface area contributed by atoms with Gasteiger partial charge in [-0.15, -0.1) is 0 Å². The number of amides is 1. The lowest BCUT2D eigenvalue weighted by Gasteiger charge is -2.10. The zero-order valence-corrected chi connectivity index (χ0v) is 11.8. The first-order chi connectivity index (χ1) is 8.63. The molecule has 1 aromatic carbocycles. The SMILES string of the molecule is CC(CNC(=O)OCc1ccccc1)C(=O)CBr. The van der Waals surface area contributed by atoms with Crippen LogP contribution in [0.15, 0.2) is 30.3 Å². The van der Waals surface area contributed by atoms with Crippen LogP contribution in [-0.4, -0.2) is 23.8 Å². The van der Waals surface area contributed by atoms with E-state index in [9.17, 15) is 9.59 Å². The van der Waals surface area contributed by atoms with E-state index < -0.39 is 6.09 Å². The van der Waals surface area contributed by atoms with Gasteiger partial charge in [0.05, 0.1) is 5.33 Å². The Kier molecular flexibility index (Phi) is 6.43. The number of alkyl halides is 1. The van der Waals surface area contributed by atoms with E-state index in [0.29, 0.717) is 5.33 Å². The molecule has 1 atom stereocenters. The molecule has 0 saturated heterocycles. The van der Waals surface area contributed by atoms with E-state index in [-0.39, 0.29) is 24.9 Å². The van der Waals surface area contributed by atoms with E-state index in [1.165, 1.54) is 0 Å². The molecule has 0 spiro atoms. The van der Waals surface area contributed by atoms with Gasteiger partial charge in [-0.3, -0.25) is 4.79 Å². The van der Waals surface area contributed by atoms with Crippen molar-refractivity contribution in [2.75, 3.05) is 11.9 Å². The highest BCUT2D eigenvalue weighted by Crippen LogP contribution is 2.01. The number of alkyl carbamates (subject to hydrolysis) is 1. The summed E-state index contributed by atoms with van der Waals surface area (Å²) in [5, 5.41) is 2.87. The van der Waals surface area contributed by atoms with Crippen molar-refractivity contribution in [2.45, 2.75) is 13.5 Å². The number of nitrogens with one attached hydrogen (secondary N) is 1. The predicted octanol–water partition coefficient (Wildman–Crippen LogP) is 2.51. The Labute approximate surface area is 115 Å². The molecule has 0 fully saturated rings. The average molecular weight is 314 g/mol. The normalized spacial score (nSPS) is 11.7. The molecule has 0 aliphatic heterocycles. The highest BCUT2D eigenvalue weighted by molar-refractivity contribution is 9.09. The number of carbonyl (C=O) groups is 2. The highest BCUT2D eigenvalue weighted by Gasteiger charge is 2.12. The van der Waals surface area contributed by atoms with Gasteiger partial charge in [-0.25, -0.2) is 4.79 Å². The summed E-state index contributed by atoms with van der Waals surface area (Å²) in [5.41, 5.74) is 0.928. The van der Waals surface area contributed by atoms with Crippen LogP contribution < -0.4 is 5.32 Å². The monoisotopic (exact) mass is 313 g/mol. The second kappa shape index (κ2) is 7.87. The molecule has 0 aliphatic rings. The molecule has 0 aromatic heterocycles. The van der Waals surface area contributed by atoms with Gasteiger partial charge in [0.1, 0.15) is 12.4 Å². The molecule has 18 heavy (non-hydrogen) atoms. The molecule has 1 rings (SSSR count). The lowest BCUT2D eigenvalue weighted by molar-refractivity contribution is -0.119. The fourth-order valence-corrected chi connectivity index (χ4v) is 1.81. The standard InChI is InChI=1S/C13H16BrNO3/c1-10(12(16)7-14)8-15-13(17)18-9-11-5-3-2-4-6-11/h2-6,10H,7-9H2,1H3,(H,15,17). The largest absolute Gasteiger partial charge is 0.445 e. The molecule has 1 aromatic rings. The van der Waals surface area contributed by atoms with E-state index in [1.807, 2.05) is 30.3 Å². The summed E-state index contributed by atoms with van der Waals surface area (Å²) < 4.78 is 5.02. The Bertz CT molecular complexity index is 394. The van der Waals surface area contributed by atoms with Gasteiger partial charge in [-0.2, -0.15) is 0 Å². The van der Waals surface area contributed by atoms with Crippen LogP contribution in [0.25, 0.3) is 0 Å². The third-order valence-corrected chi connectivity index (χ3v) is 3.00. The molecule has 0 heterocycles. The summed E-state index contributed by atoms with van der Waals surface area (Å²) in [6, 6.07) is 9.42. The topological polar surface area (TPSA) is 55.4 Å². The zero-order chi connectivity index (χ0) is 13.4. The van der Waals surface area contributed by atoms with Crippen molar-refractivity contribution in [1.82, 2.24) is 5.32 Å². The molecule has 0 bridgehead atoms. The van der Waals surface area contributed by atoms with Crippen molar-refractivity contribution in [3.05, 3.63) is 35.9 Å². The van der Waals surface area contributed by atoms with Crippen molar-refractivity contribution in [3.63, 3.8) is 0 Å². The van der Waals surface area contributed by atoms with Gasteiger partial charge < -0.3 is 10.1 Å². The van der Waals surface area contributed by atoms with Gasteiger partial charge in [0.2, 0.25) is 0 Å². The van der Waals surface area contributed by atoms with Crippen LogP contribution >= 0.6 is 15.9 Å². The van der Waals surface area contributed by atoms with Crippen molar-refractivity contribution < 1.29 is 14.3 Å². The molecule has 98 valence electrons. The summed E-state index contributed by atoms with van der Waals surface area (Å²) in [4.78, 5) is 22.6. The van der Waals surface area contributed by atoms with E-state index in [4.69, 9.17) is 4.74 Å². The van der Waals surface area contributed by atoms with Gasteiger partial charge in [0, 0.05) is 12.5 Å². The molecule has 4 nitrogen and oxygen atoms in total. The summed E-state index contributed by atoms with van der Waals surface area (Å²) in [6.07, 6.45) is -0.506. The van der Waals surface area contributed by atoms with Crippen LogP contribution in [0, 0.1) is 5.92 Å². The molecule has 0 saturated carbocycles. The van der Waals surface area contributed by atoms with E-state index in [0.717, 1.165) is 5.56 Å². The Hall–Kier alpha value is -1.36. The number of benzene rings is 1. The number of Topliss-reactive ketones (excluding diaryl/α,β-unsaturated/α-hetero) is 1. The van der Waals surface area contributed by atoms with E-state index in [1.54, 1.807) is 6.92 Å². The Morgan fingerprint density at radius 1 is 1.33 bits per heavy atom. The quantitative estimate of drug-likeness (QED) is 0.821. The first kappa shape index (κ1) is 14.7. The lowest BCUT2D eigenvalue weighted by Crippen LogP contribution is -2.32. The molecule has 1 amide bonds. The molecular weight excluding hydrogens is 298 g/mol. The first-order valence-corrected chi connectivity index (χ1v) is 6.79. The van der Waals surface area contributed by atoms with Crippen LogP contribution in [0.1, 0.15) is 12.5 Å². The maximum Gasteiger partial charge on any atom is 0.407 e. The predicted molar refractivity (Wildman–Crippen MR) is 72.6 cm³/mol. The molecule has 5 heteroatoms. The fraction of sp³-hybridized carbons (Fsp3) is 0.385. The number of ketones is 1. The van der Waals surface area contributed by atoms with Gasteiger partial charge >= 0.3 is 6.09 Å². The van der Waals surface area contributed by atoms with Crippen LogP contribution in [0.5, 0.6) is 0 Å². The number of hydrogen-bond donors (Lipinski definition) is 1. The summed E-state index contributed by atoms with van der Waals surface area (Å²) >= 11 is 3.09. The van der Waals surface area contributed by atoms with Crippen molar-refractivity contribution in [2.24, 2.45) is 5.92 Å². The molecule has 1 unspecified atom stereocenters. The zero-order valence-electron chi connectivity index (χ0n) is 10.2. The minimum Gasteiger partial charge on any atom is -0.445 e. The fourth-order valence-electron chi connectivity index (χ4n) is 1.26. The smallest absolute Gasteiger partial charge is 0.407 e. The maximum atomic E-state index is 11.4. The van der Waals surface area contributed by atoms with Crippen LogP contribution in [-0.2, 0) is 16.1 Å². The lowest BCUT2D eigenvalue weighted by atomic mass is 10.1. The maximum absolute atomic E-state index is 11.4. The van der Waals surface area contributed by atoms with E-state index >= 15 is 0 Å². The minimum atomic E-state index is -0.506. The molecular formula is C13H16BrNO3. The van der Waals surface area contributed by atoms with Crippen LogP contribution in [0.3, 0.4) is 0 Å². The number of carbonyl (C=O) groups excluding carboxylic acids is 2. The Morgan fingerprint density at radius 2 is 2.00 bits per heavy atom. The minimum absolute atomic E-state index is 0.0540. The first-order valence-electron chi connectivity index (χ1n) is 5.66. The van der Waals surface area contributed by atoms with Gasteiger partial charge in [0.15, 0.2) is 0 Å². The second-order valence-corrected chi connectivity index (χ2v) is 4.50. The summed E-state index contributed by atoms with van der Waals surface area (Å²) in [6.45, 7) is 2.28. The van der Waals surface area contributed by atoms with Crippen LogP contribution in [0.2, 0.25) is 0 Å². The summed E-state index contributed by atoms with van der Waals surface area (Å²) in [7, 11) is 0. The molecule has 0 aliphatic carbocycles.